The number of aliphatic hydroxyl groups is 5. The predicted octanol–water partition coefficient (Wildman–Crippen LogP) is -3.21. The summed E-state index contributed by atoms with van der Waals surface area (Å²) in [5, 5.41) is 46.6. The van der Waals surface area contributed by atoms with Crippen molar-refractivity contribution in [2.24, 2.45) is 0 Å². The molecule has 1 saturated heterocycles. The van der Waals surface area contributed by atoms with Crippen molar-refractivity contribution >= 4 is 18.9 Å². The number of hydrogen-bond acceptors (Lipinski definition) is 10. The van der Waals surface area contributed by atoms with Gasteiger partial charge in [0.25, 0.3) is 0 Å². The van der Waals surface area contributed by atoms with E-state index in [0.29, 0.717) is 19.4 Å². The maximum absolute atomic E-state index is 10.9. The van der Waals surface area contributed by atoms with Crippen LogP contribution >= 0.6 is 0 Å². The molecule has 0 spiro atoms. The van der Waals surface area contributed by atoms with Gasteiger partial charge in [-0.2, -0.15) is 5.06 Å². The van der Waals surface area contributed by atoms with Gasteiger partial charge in [0.2, 0.25) is 0 Å². The van der Waals surface area contributed by atoms with Crippen molar-refractivity contribution in [1.29, 1.82) is 0 Å². The van der Waals surface area contributed by atoms with Crippen LogP contribution in [-0.4, -0.2) is 99.7 Å². The van der Waals surface area contributed by atoms with Gasteiger partial charge in [-0.1, -0.05) is 6.42 Å². The lowest BCUT2D eigenvalue weighted by Gasteiger charge is -2.32. The van der Waals surface area contributed by atoms with Crippen LogP contribution in [0.15, 0.2) is 0 Å². The molecule has 0 saturated carbocycles. The Kier molecular flexibility index (Phi) is 12.4. The van der Waals surface area contributed by atoms with Crippen LogP contribution in [0.3, 0.4) is 0 Å². The summed E-state index contributed by atoms with van der Waals surface area (Å²) in [6.45, 7) is 0.624. The van der Waals surface area contributed by atoms with Crippen molar-refractivity contribution in [3.05, 3.63) is 0 Å². The Balaban J connectivity index is 0.000000754. The third-order valence-corrected chi connectivity index (χ3v) is 3.27. The Bertz CT molecular complexity index is 354. The largest absolute Gasteiger partial charge is 0.394 e. The number of nitrogens with zero attached hydrogens (tertiary/aromatic N) is 1. The van der Waals surface area contributed by atoms with E-state index in [2.05, 4.69) is 0 Å². The lowest BCUT2D eigenvalue weighted by molar-refractivity contribution is -0.235. The fourth-order valence-electron chi connectivity index (χ4n) is 1.87. The molecule has 1 fully saturated rings. The lowest BCUT2D eigenvalue weighted by Crippen LogP contribution is -2.50. The van der Waals surface area contributed by atoms with Crippen LogP contribution in [0.5, 0.6) is 0 Å². The maximum Gasteiger partial charge on any atom is 0.164 e. The highest BCUT2D eigenvalue weighted by Crippen LogP contribution is 2.13. The first-order chi connectivity index (χ1) is 11.4. The van der Waals surface area contributed by atoms with Gasteiger partial charge in [-0.05, 0) is 12.8 Å². The van der Waals surface area contributed by atoms with Crippen molar-refractivity contribution in [2.45, 2.75) is 49.8 Å². The van der Waals surface area contributed by atoms with E-state index in [0.717, 1.165) is 19.3 Å². The van der Waals surface area contributed by atoms with Gasteiger partial charge in [0, 0.05) is 13.1 Å². The minimum atomic E-state index is -1.63. The molecule has 4 unspecified atom stereocenters. The fraction of sp³-hybridized carbons (Fsp3) is 0.786. The zero-order valence-corrected chi connectivity index (χ0v) is 13.2. The van der Waals surface area contributed by atoms with E-state index < -0.39 is 37.1 Å². The second-order valence-corrected chi connectivity index (χ2v) is 5.19. The number of hydrogen-bond donors (Lipinski definition) is 5. The Morgan fingerprint density at radius 2 is 1.42 bits per heavy atom. The summed E-state index contributed by atoms with van der Waals surface area (Å²) in [6.07, 6.45) is -3.70. The minimum Gasteiger partial charge on any atom is -0.394 e. The molecule has 140 valence electrons. The molecule has 10 heteroatoms. The smallest absolute Gasteiger partial charge is 0.164 e. The maximum atomic E-state index is 10.9. The van der Waals surface area contributed by atoms with Gasteiger partial charge in [-0.15, -0.1) is 0 Å². The van der Waals surface area contributed by atoms with Crippen molar-refractivity contribution < 1.29 is 44.8 Å². The lowest BCUT2D eigenvalue weighted by atomic mass is 10.0. The van der Waals surface area contributed by atoms with E-state index in [-0.39, 0.29) is 12.6 Å². The normalized spacial score (nSPS) is 20.2. The van der Waals surface area contributed by atoms with Gasteiger partial charge in [0.1, 0.15) is 18.3 Å². The van der Waals surface area contributed by atoms with Gasteiger partial charge >= 0.3 is 0 Å². The molecule has 0 aromatic rings. The molecule has 24 heavy (non-hydrogen) atoms. The molecular weight excluding hydrogens is 326 g/mol. The van der Waals surface area contributed by atoms with Crippen LogP contribution in [0.1, 0.15) is 19.3 Å². The number of aldehydes is 3. The summed E-state index contributed by atoms with van der Waals surface area (Å²) >= 11 is 0. The summed E-state index contributed by atoms with van der Waals surface area (Å²) in [4.78, 5) is 34.7. The molecule has 0 aromatic heterocycles. The van der Waals surface area contributed by atoms with Crippen LogP contribution in [-0.2, 0) is 19.2 Å². The summed E-state index contributed by atoms with van der Waals surface area (Å²) in [7, 11) is 0. The fourth-order valence-corrected chi connectivity index (χ4v) is 1.87. The standard InChI is InChI=1S/C11H21NO6.C3H4O3/c13-6-8(15)10(16)11(17)9(7-14)18-12-4-2-1-3-5-12;4-1-3(6)2-5/h7-11,13,15-17H,1-6H2;1-3,6H. The average molecular weight is 351 g/mol. The molecule has 1 aliphatic rings. The quantitative estimate of drug-likeness (QED) is 0.211. The second-order valence-electron chi connectivity index (χ2n) is 5.19. The van der Waals surface area contributed by atoms with Crippen molar-refractivity contribution in [2.75, 3.05) is 19.7 Å². The molecule has 0 radical (unpaired) electrons. The summed E-state index contributed by atoms with van der Waals surface area (Å²) < 4.78 is 0. The highest BCUT2D eigenvalue weighted by Gasteiger charge is 2.33. The third-order valence-electron chi connectivity index (χ3n) is 3.27. The number of rotatable bonds is 9. The Morgan fingerprint density at radius 1 is 0.875 bits per heavy atom. The van der Waals surface area contributed by atoms with Crippen molar-refractivity contribution in [3.63, 3.8) is 0 Å². The van der Waals surface area contributed by atoms with E-state index in [1.54, 1.807) is 5.06 Å². The second kappa shape index (κ2) is 13.1. The number of hydroxylamine groups is 2. The molecule has 0 bridgehead atoms. The van der Waals surface area contributed by atoms with E-state index >= 15 is 0 Å². The Labute approximate surface area is 139 Å². The number of carbonyl (C=O) groups excluding carboxylic acids is 3. The molecule has 1 rings (SSSR count). The van der Waals surface area contributed by atoms with E-state index in [4.69, 9.17) is 15.1 Å². The Hall–Kier alpha value is -1.27. The summed E-state index contributed by atoms with van der Waals surface area (Å²) in [6, 6.07) is 0. The first-order valence-corrected chi connectivity index (χ1v) is 7.52. The van der Waals surface area contributed by atoms with Gasteiger partial charge in [-0.25, -0.2) is 0 Å². The molecule has 5 N–H and O–H groups in total. The molecule has 0 aliphatic carbocycles. The zero-order valence-electron chi connectivity index (χ0n) is 13.2. The molecule has 4 atom stereocenters. The first-order valence-electron chi connectivity index (χ1n) is 7.52. The topological polar surface area (TPSA) is 165 Å². The van der Waals surface area contributed by atoms with Gasteiger partial charge < -0.3 is 30.3 Å². The van der Waals surface area contributed by atoms with Crippen LogP contribution in [0.2, 0.25) is 0 Å². The third kappa shape index (κ3) is 8.55. The highest BCUT2D eigenvalue weighted by atomic mass is 16.7. The van der Waals surface area contributed by atoms with Crippen LogP contribution in [0.25, 0.3) is 0 Å². The van der Waals surface area contributed by atoms with Crippen LogP contribution < -0.4 is 0 Å². The SMILES string of the molecule is O=CC(O)C=O.O=CC(ON1CCCCC1)C(O)C(O)C(O)CO. The molecule has 0 aromatic carbocycles. The van der Waals surface area contributed by atoms with Crippen LogP contribution in [0.4, 0.5) is 0 Å². The van der Waals surface area contributed by atoms with Gasteiger partial charge in [0.05, 0.1) is 6.61 Å². The molecule has 1 heterocycles. The summed E-state index contributed by atoms with van der Waals surface area (Å²) in [5.74, 6) is 0. The molecular formula is C14H25NO9. The Morgan fingerprint density at radius 3 is 1.79 bits per heavy atom. The number of aliphatic hydroxyl groups excluding tert-OH is 5. The molecule has 10 nitrogen and oxygen atoms in total. The van der Waals surface area contributed by atoms with Crippen molar-refractivity contribution in [1.82, 2.24) is 5.06 Å². The highest BCUT2D eigenvalue weighted by molar-refractivity contribution is 5.79. The molecule has 1 aliphatic heterocycles. The first kappa shape index (κ1) is 22.7. The average Bonchev–Trinajstić information content (AvgIpc) is 2.64. The zero-order chi connectivity index (χ0) is 18.5. The van der Waals surface area contributed by atoms with Gasteiger partial charge in [-0.3, -0.25) is 14.4 Å². The van der Waals surface area contributed by atoms with E-state index in [1.807, 2.05) is 0 Å². The molecule has 0 amide bonds. The monoisotopic (exact) mass is 351 g/mol. The number of piperidine rings is 1. The number of carbonyl (C=O) groups is 3. The van der Waals surface area contributed by atoms with Crippen molar-refractivity contribution in [3.8, 4) is 0 Å². The predicted molar refractivity (Wildman–Crippen MR) is 79.6 cm³/mol. The van der Waals surface area contributed by atoms with Crippen LogP contribution in [0, 0.1) is 0 Å². The van der Waals surface area contributed by atoms with E-state index in [9.17, 15) is 29.7 Å². The van der Waals surface area contributed by atoms with E-state index in [1.165, 1.54) is 0 Å². The summed E-state index contributed by atoms with van der Waals surface area (Å²) in [5.41, 5.74) is 0. The minimum absolute atomic E-state index is 0.160. The van der Waals surface area contributed by atoms with Gasteiger partial charge in [0.15, 0.2) is 31.1 Å².